The minimum Gasteiger partial charge on any atom is -0.508 e. The van der Waals surface area contributed by atoms with E-state index in [1.165, 1.54) is 18.2 Å². The lowest BCUT2D eigenvalue weighted by atomic mass is 9.94. The summed E-state index contributed by atoms with van der Waals surface area (Å²) in [5, 5.41) is 18.1. The molecule has 80 valence electrons. The van der Waals surface area contributed by atoms with Crippen molar-refractivity contribution < 1.29 is 19.8 Å². The Morgan fingerprint density at radius 1 is 1.53 bits per heavy atom. The zero-order chi connectivity index (χ0) is 11.4. The van der Waals surface area contributed by atoms with Gasteiger partial charge in [-0.3, -0.25) is 9.59 Å². The maximum atomic E-state index is 10.8. The summed E-state index contributed by atoms with van der Waals surface area (Å²) in [6, 6.07) is 3.93. The maximum absolute atomic E-state index is 10.8. The molecule has 5 nitrogen and oxygen atoms in total. The molecule has 4 N–H and O–H groups in total. The number of benzene rings is 1. The average molecular weight is 209 g/mol. The van der Waals surface area contributed by atoms with E-state index in [4.69, 9.17) is 10.8 Å². The molecular weight excluding hydrogens is 198 g/mol. The number of hydrogen-bond acceptors (Lipinski definition) is 4. The molecule has 1 aromatic rings. The molecule has 1 unspecified atom stereocenters. The summed E-state index contributed by atoms with van der Waals surface area (Å²) in [4.78, 5) is 21.5. The summed E-state index contributed by atoms with van der Waals surface area (Å²) >= 11 is 0. The van der Waals surface area contributed by atoms with Gasteiger partial charge in [-0.15, -0.1) is 0 Å². The maximum Gasteiger partial charge on any atom is 0.312 e. The first-order valence-electron chi connectivity index (χ1n) is 4.31. The third kappa shape index (κ3) is 2.32. The van der Waals surface area contributed by atoms with Crippen LogP contribution in [0.25, 0.3) is 0 Å². The molecule has 0 saturated carbocycles. The van der Waals surface area contributed by atoms with Crippen molar-refractivity contribution in [2.24, 2.45) is 5.73 Å². The lowest BCUT2D eigenvalue weighted by Gasteiger charge is -2.12. The van der Waals surface area contributed by atoms with Gasteiger partial charge >= 0.3 is 5.97 Å². The fraction of sp³-hybridized carbons (Fsp3) is 0.200. The Bertz CT molecular complexity index is 389. The highest BCUT2D eigenvalue weighted by atomic mass is 16.4. The number of phenolic OH excluding ortho intramolecular Hbond substituents is 1. The zero-order valence-corrected chi connectivity index (χ0v) is 7.88. The summed E-state index contributed by atoms with van der Waals surface area (Å²) in [5.74, 6) is -2.18. The summed E-state index contributed by atoms with van der Waals surface area (Å²) in [7, 11) is 0. The number of carbonyl (C=O) groups excluding carboxylic acids is 1. The second kappa shape index (κ2) is 4.56. The molecule has 0 aliphatic rings. The monoisotopic (exact) mass is 209 g/mol. The van der Waals surface area contributed by atoms with Crippen LogP contribution in [-0.2, 0) is 4.79 Å². The van der Waals surface area contributed by atoms with Crippen molar-refractivity contribution in [3.8, 4) is 5.75 Å². The van der Waals surface area contributed by atoms with Crippen LogP contribution in [0.5, 0.6) is 5.75 Å². The van der Waals surface area contributed by atoms with E-state index < -0.39 is 11.9 Å². The molecule has 0 aliphatic heterocycles. The fourth-order valence-corrected chi connectivity index (χ4v) is 1.33. The lowest BCUT2D eigenvalue weighted by molar-refractivity contribution is -0.138. The number of hydrogen-bond donors (Lipinski definition) is 3. The van der Waals surface area contributed by atoms with Crippen LogP contribution in [0.4, 0.5) is 0 Å². The topological polar surface area (TPSA) is 101 Å². The van der Waals surface area contributed by atoms with Crippen LogP contribution in [0.3, 0.4) is 0 Å². The summed E-state index contributed by atoms with van der Waals surface area (Å²) < 4.78 is 0. The molecule has 0 fully saturated rings. The normalized spacial score (nSPS) is 12.1. The van der Waals surface area contributed by atoms with Gasteiger partial charge in [0.15, 0.2) is 0 Å². The molecule has 0 saturated heterocycles. The van der Waals surface area contributed by atoms with E-state index in [-0.39, 0.29) is 23.4 Å². The molecular formula is C10H11NO4. The van der Waals surface area contributed by atoms with Gasteiger partial charge in [0.1, 0.15) is 12.0 Å². The number of aromatic hydroxyl groups is 1. The van der Waals surface area contributed by atoms with Crippen LogP contribution in [0, 0.1) is 0 Å². The molecule has 1 atom stereocenters. The highest BCUT2D eigenvalue weighted by molar-refractivity contribution is 5.84. The zero-order valence-electron chi connectivity index (χ0n) is 7.88. The first-order valence-corrected chi connectivity index (χ1v) is 4.31. The van der Waals surface area contributed by atoms with Gasteiger partial charge in [0, 0.05) is 12.1 Å². The Labute approximate surface area is 86.1 Å². The Balaban J connectivity index is 3.25. The van der Waals surface area contributed by atoms with Gasteiger partial charge in [0.05, 0.1) is 5.92 Å². The summed E-state index contributed by atoms with van der Waals surface area (Å²) in [6.07, 6.45) is 0.542. The van der Waals surface area contributed by atoms with Crippen molar-refractivity contribution in [3.63, 3.8) is 0 Å². The average Bonchev–Trinajstić information content (AvgIpc) is 2.18. The summed E-state index contributed by atoms with van der Waals surface area (Å²) in [5.41, 5.74) is 5.76. The van der Waals surface area contributed by atoms with E-state index in [9.17, 15) is 14.7 Å². The van der Waals surface area contributed by atoms with E-state index in [0.717, 1.165) is 0 Å². The molecule has 0 radical (unpaired) electrons. The van der Waals surface area contributed by atoms with Crippen LogP contribution in [0.15, 0.2) is 18.2 Å². The van der Waals surface area contributed by atoms with Crippen molar-refractivity contribution in [3.05, 3.63) is 29.3 Å². The number of rotatable bonds is 4. The lowest BCUT2D eigenvalue weighted by Crippen LogP contribution is -2.22. The minimum atomic E-state index is -1.12. The molecule has 0 bridgehead atoms. The number of nitrogens with two attached hydrogens (primary N) is 1. The number of aliphatic carboxylic acids is 1. The van der Waals surface area contributed by atoms with Gasteiger partial charge in [0.2, 0.25) is 0 Å². The second-order valence-corrected chi connectivity index (χ2v) is 3.06. The van der Waals surface area contributed by atoms with Crippen molar-refractivity contribution >= 4 is 12.3 Å². The molecule has 5 heteroatoms. The third-order valence-corrected chi connectivity index (χ3v) is 2.11. The van der Waals surface area contributed by atoms with E-state index in [0.29, 0.717) is 6.29 Å². The van der Waals surface area contributed by atoms with Crippen LogP contribution in [0.1, 0.15) is 21.8 Å². The van der Waals surface area contributed by atoms with Gasteiger partial charge in [-0.1, -0.05) is 0 Å². The van der Waals surface area contributed by atoms with E-state index in [1.807, 2.05) is 0 Å². The van der Waals surface area contributed by atoms with Gasteiger partial charge in [0.25, 0.3) is 0 Å². The molecule has 15 heavy (non-hydrogen) atoms. The molecule has 0 heterocycles. The Hall–Kier alpha value is -1.88. The van der Waals surface area contributed by atoms with Crippen LogP contribution < -0.4 is 5.73 Å². The minimum absolute atomic E-state index is 0.0877. The highest BCUT2D eigenvalue weighted by Gasteiger charge is 2.21. The smallest absolute Gasteiger partial charge is 0.312 e. The first-order chi connectivity index (χ1) is 7.10. The van der Waals surface area contributed by atoms with E-state index in [2.05, 4.69) is 0 Å². The molecule has 0 spiro atoms. The van der Waals surface area contributed by atoms with Crippen LogP contribution in [-0.4, -0.2) is 29.0 Å². The standard InChI is InChI=1S/C10H11NO4/c11-4-9(10(14)15)8-3-7(13)2-1-6(8)5-12/h1-3,5,9,13H,4,11H2,(H,14,15). The Morgan fingerprint density at radius 2 is 2.20 bits per heavy atom. The van der Waals surface area contributed by atoms with Crippen LogP contribution >= 0.6 is 0 Å². The number of phenols is 1. The van der Waals surface area contributed by atoms with Crippen molar-refractivity contribution in [2.45, 2.75) is 5.92 Å². The van der Waals surface area contributed by atoms with Crippen molar-refractivity contribution in [1.29, 1.82) is 0 Å². The first kappa shape index (κ1) is 11.2. The number of aldehydes is 1. The van der Waals surface area contributed by atoms with Crippen molar-refractivity contribution in [2.75, 3.05) is 6.54 Å². The molecule has 1 rings (SSSR count). The van der Waals surface area contributed by atoms with Gasteiger partial charge in [-0.2, -0.15) is 0 Å². The Kier molecular flexibility index (Phi) is 3.41. The largest absolute Gasteiger partial charge is 0.508 e. The third-order valence-electron chi connectivity index (χ3n) is 2.11. The highest BCUT2D eigenvalue weighted by Crippen LogP contribution is 2.23. The number of carbonyl (C=O) groups is 2. The predicted octanol–water partition coefficient (Wildman–Crippen LogP) is 0.332. The van der Waals surface area contributed by atoms with Gasteiger partial charge in [-0.05, 0) is 23.8 Å². The van der Waals surface area contributed by atoms with E-state index >= 15 is 0 Å². The molecule has 0 aromatic heterocycles. The van der Waals surface area contributed by atoms with Gasteiger partial charge in [-0.25, -0.2) is 0 Å². The quantitative estimate of drug-likeness (QED) is 0.620. The second-order valence-electron chi connectivity index (χ2n) is 3.06. The number of carboxylic acid groups (broad SMARTS) is 1. The molecule has 0 amide bonds. The molecule has 1 aromatic carbocycles. The van der Waals surface area contributed by atoms with Gasteiger partial charge < -0.3 is 15.9 Å². The number of carboxylic acids is 1. The molecule has 0 aliphatic carbocycles. The van der Waals surface area contributed by atoms with Crippen LogP contribution in [0.2, 0.25) is 0 Å². The fourth-order valence-electron chi connectivity index (χ4n) is 1.33. The predicted molar refractivity (Wildman–Crippen MR) is 52.9 cm³/mol. The van der Waals surface area contributed by atoms with Crippen molar-refractivity contribution in [1.82, 2.24) is 0 Å². The SMILES string of the molecule is NCC(C(=O)O)c1cc(O)ccc1C=O. The van der Waals surface area contributed by atoms with E-state index in [1.54, 1.807) is 0 Å². The summed E-state index contributed by atoms with van der Waals surface area (Å²) in [6.45, 7) is -0.125. The Morgan fingerprint density at radius 3 is 2.67 bits per heavy atom.